The fraction of sp³-hybridized carbons (Fsp3) is 0.409. The van der Waals surface area contributed by atoms with E-state index in [1.807, 2.05) is 4.90 Å². The Labute approximate surface area is 187 Å². The highest BCUT2D eigenvalue weighted by Gasteiger charge is 2.28. The second kappa shape index (κ2) is 9.83. The van der Waals surface area contributed by atoms with Crippen molar-refractivity contribution in [3.8, 4) is 5.75 Å². The van der Waals surface area contributed by atoms with E-state index in [9.17, 15) is 22.0 Å². The van der Waals surface area contributed by atoms with Gasteiger partial charge in [-0.25, -0.2) is 17.2 Å². The van der Waals surface area contributed by atoms with Crippen molar-refractivity contribution >= 4 is 21.6 Å². The number of hydrogen-bond acceptors (Lipinski definition) is 5. The van der Waals surface area contributed by atoms with Gasteiger partial charge in [-0.2, -0.15) is 4.31 Å². The van der Waals surface area contributed by atoms with Crippen LogP contribution in [0.3, 0.4) is 0 Å². The Morgan fingerprint density at radius 2 is 1.69 bits per heavy atom. The molecule has 0 N–H and O–H groups in total. The first-order valence-corrected chi connectivity index (χ1v) is 11.8. The van der Waals surface area contributed by atoms with Crippen LogP contribution in [-0.2, 0) is 10.0 Å². The summed E-state index contributed by atoms with van der Waals surface area (Å²) < 4.78 is 59.8. The molecule has 0 atom stereocenters. The van der Waals surface area contributed by atoms with Gasteiger partial charge in [-0.3, -0.25) is 4.79 Å². The van der Waals surface area contributed by atoms with Crippen molar-refractivity contribution < 1.29 is 26.7 Å². The summed E-state index contributed by atoms with van der Waals surface area (Å²) in [6.45, 7) is 5.69. The normalized spacial score (nSPS) is 14.7. The molecule has 174 valence electrons. The molecule has 0 saturated carbocycles. The quantitative estimate of drug-likeness (QED) is 0.626. The van der Waals surface area contributed by atoms with Crippen LogP contribution in [0.25, 0.3) is 0 Å². The van der Waals surface area contributed by atoms with Gasteiger partial charge in [-0.1, -0.05) is 13.8 Å². The fourth-order valence-electron chi connectivity index (χ4n) is 3.77. The van der Waals surface area contributed by atoms with Crippen molar-refractivity contribution in [2.24, 2.45) is 0 Å². The van der Waals surface area contributed by atoms with Gasteiger partial charge in [0.25, 0.3) is 5.91 Å². The topological polar surface area (TPSA) is 70.2 Å². The van der Waals surface area contributed by atoms with Gasteiger partial charge in [0, 0.05) is 45.3 Å². The highest BCUT2D eigenvalue weighted by Crippen LogP contribution is 2.33. The van der Waals surface area contributed by atoms with E-state index >= 15 is 0 Å². The highest BCUT2D eigenvalue weighted by molar-refractivity contribution is 7.89. The zero-order valence-corrected chi connectivity index (χ0v) is 19.2. The van der Waals surface area contributed by atoms with Crippen LogP contribution in [0.15, 0.2) is 41.3 Å². The molecule has 10 heteroatoms. The molecule has 1 amide bonds. The zero-order chi connectivity index (χ0) is 23.5. The van der Waals surface area contributed by atoms with Crippen LogP contribution in [0.1, 0.15) is 24.2 Å². The minimum absolute atomic E-state index is 0.170. The number of nitrogens with zero attached hydrogens (tertiary/aromatic N) is 3. The van der Waals surface area contributed by atoms with Gasteiger partial charge in [-0.15, -0.1) is 0 Å². The Kier molecular flexibility index (Phi) is 7.35. The summed E-state index contributed by atoms with van der Waals surface area (Å²) in [6.07, 6.45) is 0. The Bertz CT molecular complexity index is 1080. The molecule has 1 aliphatic rings. The lowest BCUT2D eigenvalue weighted by Crippen LogP contribution is -2.49. The molecule has 1 saturated heterocycles. The van der Waals surface area contributed by atoms with Gasteiger partial charge in [-0.05, 0) is 30.3 Å². The number of anilines is 1. The molecular weight excluding hydrogens is 440 g/mol. The molecule has 1 fully saturated rings. The fourth-order valence-corrected chi connectivity index (χ4v) is 5.25. The molecule has 0 radical (unpaired) electrons. The molecule has 1 aliphatic heterocycles. The number of amides is 1. The van der Waals surface area contributed by atoms with Gasteiger partial charge in [0.2, 0.25) is 10.0 Å². The maximum Gasteiger partial charge on any atom is 0.256 e. The molecule has 1 heterocycles. The molecule has 2 aromatic carbocycles. The monoisotopic (exact) mass is 467 g/mol. The molecule has 32 heavy (non-hydrogen) atoms. The lowest BCUT2D eigenvalue weighted by atomic mass is 10.1. The molecule has 0 aliphatic carbocycles. The van der Waals surface area contributed by atoms with Crippen LogP contribution in [-0.4, -0.2) is 69.9 Å². The summed E-state index contributed by atoms with van der Waals surface area (Å²) in [5, 5.41) is 0. The summed E-state index contributed by atoms with van der Waals surface area (Å²) >= 11 is 0. The van der Waals surface area contributed by atoms with E-state index in [1.165, 1.54) is 22.4 Å². The Morgan fingerprint density at radius 3 is 2.25 bits per heavy atom. The van der Waals surface area contributed by atoms with Crippen LogP contribution in [0.5, 0.6) is 5.75 Å². The summed E-state index contributed by atoms with van der Waals surface area (Å²) in [6, 6.07) is 7.62. The van der Waals surface area contributed by atoms with Gasteiger partial charge in [0.05, 0.1) is 23.3 Å². The van der Waals surface area contributed by atoms with Crippen molar-refractivity contribution in [1.82, 2.24) is 9.21 Å². The van der Waals surface area contributed by atoms with E-state index < -0.39 is 27.6 Å². The average Bonchev–Trinajstić information content (AvgIpc) is 2.79. The lowest BCUT2D eigenvalue weighted by molar-refractivity contribution is 0.0742. The summed E-state index contributed by atoms with van der Waals surface area (Å²) in [7, 11) is -2.13. The van der Waals surface area contributed by atoms with Crippen LogP contribution >= 0.6 is 0 Å². The third-order valence-corrected chi connectivity index (χ3v) is 7.61. The smallest absolute Gasteiger partial charge is 0.256 e. The number of rotatable bonds is 7. The Morgan fingerprint density at radius 1 is 1.03 bits per heavy atom. The highest BCUT2D eigenvalue weighted by atomic mass is 32.2. The largest absolute Gasteiger partial charge is 0.495 e. The SMILES string of the molecule is CCN(CC)S(=O)(=O)c1ccc(OC)c(N2CCN(C(=O)c3ccc(F)cc3F)CC2)c1. The van der Waals surface area contributed by atoms with Crippen molar-refractivity contribution in [1.29, 1.82) is 0 Å². The van der Waals surface area contributed by atoms with E-state index in [-0.39, 0.29) is 10.5 Å². The third-order valence-electron chi connectivity index (χ3n) is 5.56. The van der Waals surface area contributed by atoms with E-state index in [1.54, 1.807) is 26.0 Å². The number of sulfonamides is 1. The Balaban J connectivity index is 1.80. The number of methoxy groups -OCH3 is 1. The first kappa shape index (κ1) is 23.9. The summed E-state index contributed by atoms with van der Waals surface area (Å²) in [4.78, 5) is 16.3. The first-order chi connectivity index (χ1) is 15.2. The number of carbonyl (C=O) groups excluding carboxylic acids is 1. The molecule has 3 rings (SSSR count). The number of hydrogen-bond donors (Lipinski definition) is 0. The van der Waals surface area contributed by atoms with Gasteiger partial charge >= 0.3 is 0 Å². The maximum atomic E-state index is 14.0. The third kappa shape index (κ3) is 4.71. The molecule has 2 aromatic rings. The number of benzene rings is 2. The van der Waals surface area contributed by atoms with Crippen LogP contribution in [0, 0.1) is 11.6 Å². The van der Waals surface area contributed by atoms with Crippen molar-refractivity contribution in [3.05, 3.63) is 53.6 Å². The predicted octanol–water partition coefficient (Wildman–Crippen LogP) is 2.97. The molecule has 0 unspecified atom stereocenters. The minimum atomic E-state index is -3.64. The van der Waals surface area contributed by atoms with Gasteiger partial charge < -0.3 is 14.5 Å². The molecule has 7 nitrogen and oxygen atoms in total. The van der Waals surface area contributed by atoms with Crippen molar-refractivity contribution in [3.63, 3.8) is 0 Å². The number of ether oxygens (including phenoxy) is 1. The van der Waals surface area contributed by atoms with Crippen LogP contribution < -0.4 is 9.64 Å². The number of piperazine rings is 1. The number of carbonyl (C=O) groups is 1. The molecule has 0 bridgehead atoms. The van der Waals surface area contributed by atoms with Crippen LogP contribution in [0.4, 0.5) is 14.5 Å². The van der Waals surface area contributed by atoms with Crippen molar-refractivity contribution in [2.75, 3.05) is 51.3 Å². The molecular formula is C22H27F2N3O4S. The van der Waals surface area contributed by atoms with E-state index in [0.717, 1.165) is 12.1 Å². The second-order valence-electron chi connectivity index (χ2n) is 7.33. The summed E-state index contributed by atoms with van der Waals surface area (Å²) in [5.74, 6) is -1.62. The van der Waals surface area contributed by atoms with Gasteiger partial charge in [0.15, 0.2) is 0 Å². The predicted molar refractivity (Wildman–Crippen MR) is 118 cm³/mol. The van der Waals surface area contributed by atoms with Crippen LogP contribution in [0.2, 0.25) is 0 Å². The van der Waals surface area contributed by atoms with E-state index in [4.69, 9.17) is 4.74 Å². The second-order valence-corrected chi connectivity index (χ2v) is 9.26. The molecule has 0 aromatic heterocycles. The van der Waals surface area contributed by atoms with Gasteiger partial charge in [0.1, 0.15) is 17.4 Å². The van der Waals surface area contributed by atoms with Crippen molar-refractivity contribution in [2.45, 2.75) is 18.7 Å². The zero-order valence-electron chi connectivity index (χ0n) is 18.3. The average molecular weight is 468 g/mol. The Hall–Kier alpha value is -2.72. The lowest BCUT2D eigenvalue weighted by Gasteiger charge is -2.37. The van der Waals surface area contributed by atoms with E-state index in [2.05, 4.69) is 0 Å². The minimum Gasteiger partial charge on any atom is -0.495 e. The van der Waals surface area contributed by atoms with E-state index in [0.29, 0.717) is 56.8 Å². The standard InChI is InChI=1S/C22H27F2N3O4S/c1-4-27(5-2)32(29,30)17-7-9-21(31-3)20(15-17)25-10-12-26(13-11-25)22(28)18-8-6-16(23)14-19(18)24/h6-9,14-15H,4-5,10-13H2,1-3H3. The molecule has 0 spiro atoms. The number of halogens is 2. The first-order valence-electron chi connectivity index (χ1n) is 10.4. The maximum absolute atomic E-state index is 14.0. The summed E-state index contributed by atoms with van der Waals surface area (Å²) in [5.41, 5.74) is 0.436.